The summed E-state index contributed by atoms with van der Waals surface area (Å²) in [6.45, 7) is 5.76. The highest BCUT2D eigenvalue weighted by Crippen LogP contribution is 2.18. The lowest BCUT2D eigenvalue weighted by atomic mass is 10.0. The third kappa shape index (κ3) is 2.64. The monoisotopic (exact) mass is 207 g/mol. The van der Waals surface area contributed by atoms with Crippen LogP contribution in [0, 0.1) is 6.92 Å². The van der Waals surface area contributed by atoms with Gasteiger partial charge in [-0.2, -0.15) is 0 Å². The Bertz CT molecular complexity index is 367. The van der Waals surface area contributed by atoms with Crippen molar-refractivity contribution in [1.82, 2.24) is 0 Å². The third-order valence-corrected chi connectivity index (χ3v) is 2.42. The van der Waals surface area contributed by atoms with Crippen molar-refractivity contribution in [2.45, 2.75) is 13.3 Å². The third-order valence-electron chi connectivity index (χ3n) is 2.18. The molecule has 0 saturated heterocycles. The fraction of sp³-hybridized carbons (Fsp3) is 0.167. The second kappa shape index (κ2) is 4.87. The Morgan fingerprint density at radius 2 is 2.29 bits per heavy atom. The molecule has 0 amide bonds. The molecule has 0 aliphatic heterocycles. The van der Waals surface area contributed by atoms with Gasteiger partial charge in [-0.3, -0.25) is 0 Å². The molecule has 74 valence electrons. The Labute approximate surface area is 89.9 Å². The second-order valence-corrected chi connectivity index (χ2v) is 3.63. The van der Waals surface area contributed by atoms with Crippen LogP contribution >= 0.6 is 11.6 Å². The molecule has 0 aliphatic rings. The van der Waals surface area contributed by atoms with Crippen LogP contribution in [0.5, 0.6) is 0 Å². The fourth-order valence-corrected chi connectivity index (χ4v) is 1.44. The molecule has 1 nitrogen and oxygen atoms in total. The van der Waals surface area contributed by atoms with Crippen LogP contribution in [0.3, 0.4) is 0 Å². The van der Waals surface area contributed by atoms with Crippen molar-refractivity contribution in [3.8, 4) is 0 Å². The molecular formula is C12H14ClN. The molecule has 14 heavy (non-hydrogen) atoms. The van der Waals surface area contributed by atoms with Crippen LogP contribution in [-0.2, 0) is 6.42 Å². The molecule has 0 radical (unpaired) electrons. The lowest BCUT2D eigenvalue weighted by Gasteiger charge is -2.06. The summed E-state index contributed by atoms with van der Waals surface area (Å²) < 4.78 is 0. The predicted molar refractivity (Wildman–Crippen MR) is 62.4 cm³/mol. The van der Waals surface area contributed by atoms with Crippen molar-refractivity contribution in [3.63, 3.8) is 0 Å². The highest BCUT2D eigenvalue weighted by molar-refractivity contribution is 6.30. The Morgan fingerprint density at radius 3 is 2.86 bits per heavy atom. The van der Waals surface area contributed by atoms with Crippen LogP contribution < -0.4 is 5.73 Å². The first-order valence-corrected chi connectivity index (χ1v) is 4.83. The summed E-state index contributed by atoms with van der Waals surface area (Å²) in [4.78, 5) is 0. The molecule has 0 aromatic heterocycles. The zero-order valence-electron chi connectivity index (χ0n) is 8.26. The van der Waals surface area contributed by atoms with Gasteiger partial charge in [0.1, 0.15) is 0 Å². The first kappa shape index (κ1) is 10.9. The molecule has 0 aliphatic carbocycles. The maximum absolute atomic E-state index is 5.91. The van der Waals surface area contributed by atoms with Gasteiger partial charge in [-0.25, -0.2) is 0 Å². The Hall–Kier alpha value is -1.21. The van der Waals surface area contributed by atoms with E-state index in [1.165, 1.54) is 11.1 Å². The second-order valence-electron chi connectivity index (χ2n) is 3.19. The maximum Gasteiger partial charge on any atom is 0.0409 e. The molecular weight excluding hydrogens is 194 g/mol. The molecule has 0 spiro atoms. The number of hydrogen-bond donors (Lipinski definition) is 1. The summed E-state index contributed by atoms with van der Waals surface area (Å²) in [5.41, 5.74) is 8.87. The van der Waals surface area contributed by atoms with Gasteiger partial charge in [0.05, 0.1) is 0 Å². The summed E-state index contributed by atoms with van der Waals surface area (Å²) in [6, 6.07) is 5.86. The summed E-state index contributed by atoms with van der Waals surface area (Å²) in [6.07, 6.45) is 4.13. The lowest BCUT2D eigenvalue weighted by Crippen LogP contribution is -1.94. The van der Waals surface area contributed by atoms with Gasteiger partial charge >= 0.3 is 0 Å². The van der Waals surface area contributed by atoms with Crippen molar-refractivity contribution in [2.75, 3.05) is 0 Å². The van der Waals surface area contributed by atoms with Crippen LogP contribution in [-0.4, -0.2) is 0 Å². The summed E-state index contributed by atoms with van der Waals surface area (Å²) >= 11 is 5.91. The Balaban J connectivity index is 2.96. The summed E-state index contributed by atoms with van der Waals surface area (Å²) in [7, 11) is 0. The van der Waals surface area contributed by atoms with Gasteiger partial charge in [-0.15, -0.1) is 0 Å². The van der Waals surface area contributed by atoms with E-state index < -0.39 is 0 Å². The van der Waals surface area contributed by atoms with E-state index in [-0.39, 0.29) is 0 Å². The Kier molecular flexibility index (Phi) is 3.78. The number of benzene rings is 1. The van der Waals surface area contributed by atoms with E-state index in [1.807, 2.05) is 18.2 Å². The van der Waals surface area contributed by atoms with Crippen molar-refractivity contribution in [1.29, 1.82) is 0 Å². The molecule has 0 unspecified atom stereocenters. The number of aryl methyl sites for hydroxylation is 1. The molecule has 1 aromatic carbocycles. The van der Waals surface area contributed by atoms with Crippen LogP contribution in [0.2, 0.25) is 5.02 Å². The van der Waals surface area contributed by atoms with Gasteiger partial charge in [0.15, 0.2) is 0 Å². The van der Waals surface area contributed by atoms with E-state index >= 15 is 0 Å². The molecule has 2 heteroatoms. The zero-order chi connectivity index (χ0) is 10.6. The molecule has 1 rings (SSSR count). The molecule has 0 fully saturated rings. The topological polar surface area (TPSA) is 26.0 Å². The minimum absolute atomic E-state index is 0.756. The van der Waals surface area contributed by atoms with Crippen LogP contribution in [0.1, 0.15) is 11.1 Å². The van der Waals surface area contributed by atoms with Crippen LogP contribution in [0.4, 0.5) is 0 Å². The van der Waals surface area contributed by atoms with Crippen LogP contribution in [0.25, 0.3) is 0 Å². The van der Waals surface area contributed by atoms with E-state index in [2.05, 4.69) is 13.5 Å². The van der Waals surface area contributed by atoms with E-state index in [1.54, 1.807) is 12.3 Å². The average molecular weight is 208 g/mol. The number of rotatable bonds is 3. The molecule has 0 heterocycles. The first-order chi connectivity index (χ1) is 6.67. The van der Waals surface area contributed by atoms with Crippen molar-refractivity contribution in [3.05, 3.63) is 58.8 Å². The first-order valence-electron chi connectivity index (χ1n) is 4.45. The number of hydrogen-bond acceptors (Lipinski definition) is 1. The fourth-order valence-electron chi connectivity index (χ4n) is 1.25. The maximum atomic E-state index is 5.91. The Morgan fingerprint density at radius 1 is 1.57 bits per heavy atom. The zero-order valence-corrected chi connectivity index (χ0v) is 9.01. The van der Waals surface area contributed by atoms with Gasteiger partial charge in [-0.1, -0.05) is 30.3 Å². The van der Waals surface area contributed by atoms with E-state index in [0.29, 0.717) is 0 Å². The number of nitrogens with two attached hydrogens (primary N) is 1. The molecule has 0 saturated carbocycles. The van der Waals surface area contributed by atoms with E-state index in [0.717, 1.165) is 17.0 Å². The molecule has 2 N–H and O–H groups in total. The standard InChI is InChI=1S/C12H14ClN/c1-3-10(8-14)6-11-7-12(13)5-4-9(11)2/h3-5,7-8H,1,6,14H2,2H3/b10-8-. The molecule has 1 aromatic rings. The molecule has 0 atom stereocenters. The van der Waals surface area contributed by atoms with Crippen molar-refractivity contribution < 1.29 is 0 Å². The van der Waals surface area contributed by atoms with Gasteiger partial charge < -0.3 is 5.73 Å². The lowest BCUT2D eigenvalue weighted by molar-refractivity contribution is 1.15. The van der Waals surface area contributed by atoms with Crippen molar-refractivity contribution in [2.24, 2.45) is 5.73 Å². The van der Waals surface area contributed by atoms with Gasteiger partial charge in [-0.05, 0) is 48.4 Å². The highest BCUT2D eigenvalue weighted by atomic mass is 35.5. The smallest absolute Gasteiger partial charge is 0.0409 e. The van der Waals surface area contributed by atoms with Gasteiger partial charge in [0.25, 0.3) is 0 Å². The summed E-state index contributed by atoms with van der Waals surface area (Å²) in [5, 5.41) is 0.756. The quantitative estimate of drug-likeness (QED) is 0.757. The summed E-state index contributed by atoms with van der Waals surface area (Å²) in [5.74, 6) is 0. The van der Waals surface area contributed by atoms with Gasteiger partial charge in [0, 0.05) is 5.02 Å². The van der Waals surface area contributed by atoms with Crippen molar-refractivity contribution >= 4 is 11.6 Å². The van der Waals surface area contributed by atoms with Crippen LogP contribution in [0.15, 0.2) is 42.6 Å². The van der Waals surface area contributed by atoms with E-state index in [9.17, 15) is 0 Å². The SMILES string of the molecule is C=C/C(=C/N)Cc1cc(Cl)ccc1C. The largest absolute Gasteiger partial charge is 0.404 e. The average Bonchev–Trinajstić information content (AvgIpc) is 2.19. The highest BCUT2D eigenvalue weighted by Gasteiger charge is 2.00. The minimum atomic E-state index is 0.756. The van der Waals surface area contributed by atoms with Gasteiger partial charge in [0.2, 0.25) is 0 Å². The normalized spacial score (nSPS) is 11.4. The minimum Gasteiger partial charge on any atom is -0.404 e. The molecule has 0 bridgehead atoms. The number of allylic oxidation sites excluding steroid dienone is 2. The predicted octanol–water partition coefficient (Wildman–Crippen LogP) is 3.22. The van der Waals surface area contributed by atoms with E-state index in [4.69, 9.17) is 17.3 Å². The number of halogens is 1.